The lowest BCUT2D eigenvalue weighted by Crippen LogP contribution is -2.08. The highest BCUT2D eigenvalue weighted by Crippen LogP contribution is 2.20. The minimum atomic E-state index is -3.77. The average molecular weight is 281 g/mol. The molecule has 0 N–H and O–H groups in total. The van der Waals surface area contributed by atoms with Crippen LogP contribution in [0.5, 0.6) is 0 Å². The van der Waals surface area contributed by atoms with Crippen LogP contribution in [-0.2, 0) is 26.9 Å². The lowest BCUT2D eigenvalue weighted by Gasteiger charge is -2.09. The molecule has 0 fully saturated rings. The number of rotatable bonds is 6. The molecule has 1 atom stereocenters. The standard InChI is InChI=1S/C10H17ClN2O3S/c1-4-8(3)16-7-9-10(17(11,14)15)6-13(5-2)12-9/h6,8H,4-5,7H2,1-3H3/t8-/m1/s1. The summed E-state index contributed by atoms with van der Waals surface area (Å²) < 4.78 is 29.7. The summed E-state index contributed by atoms with van der Waals surface area (Å²) in [4.78, 5) is 0.0318. The molecule has 5 nitrogen and oxygen atoms in total. The van der Waals surface area contributed by atoms with E-state index >= 15 is 0 Å². The molecule has 7 heteroatoms. The number of hydrogen-bond donors (Lipinski definition) is 0. The molecule has 0 radical (unpaired) electrons. The summed E-state index contributed by atoms with van der Waals surface area (Å²) in [5, 5.41) is 4.13. The highest BCUT2D eigenvalue weighted by atomic mass is 35.7. The molecule has 1 rings (SSSR count). The molecule has 0 unspecified atom stereocenters. The van der Waals surface area contributed by atoms with Crippen molar-refractivity contribution in [2.75, 3.05) is 0 Å². The van der Waals surface area contributed by atoms with Crippen molar-refractivity contribution in [2.45, 2.75) is 51.3 Å². The van der Waals surface area contributed by atoms with E-state index in [1.807, 2.05) is 20.8 Å². The monoisotopic (exact) mass is 280 g/mol. The third-order valence-electron chi connectivity index (χ3n) is 2.47. The van der Waals surface area contributed by atoms with Crippen LogP contribution in [-0.4, -0.2) is 24.3 Å². The molecule has 0 bridgehead atoms. The average Bonchev–Trinajstić information content (AvgIpc) is 2.68. The van der Waals surface area contributed by atoms with Gasteiger partial charge in [0.05, 0.1) is 12.7 Å². The Morgan fingerprint density at radius 3 is 2.65 bits per heavy atom. The van der Waals surface area contributed by atoms with Gasteiger partial charge in [0.25, 0.3) is 9.05 Å². The van der Waals surface area contributed by atoms with Crippen molar-refractivity contribution in [3.63, 3.8) is 0 Å². The van der Waals surface area contributed by atoms with E-state index < -0.39 is 9.05 Å². The first-order valence-electron chi connectivity index (χ1n) is 5.51. The fraction of sp³-hybridized carbons (Fsp3) is 0.700. The first-order valence-corrected chi connectivity index (χ1v) is 7.82. The zero-order valence-corrected chi connectivity index (χ0v) is 11.8. The molecule has 98 valence electrons. The van der Waals surface area contributed by atoms with Crippen LogP contribution >= 0.6 is 10.7 Å². The first kappa shape index (κ1) is 14.5. The minimum absolute atomic E-state index is 0.0318. The highest BCUT2D eigenvalue weighted by molar-refractivity contribution is 8.13. The van der Waals surface area contributed by atoms with Crippen molar-refractivity contribution in [3.05, 3.63) is 11.9 Å². The van der Waals surface area contributed by atoms with Gasteiger partial charge in [-0.25, -0.2) is 8.42 Å². The van der Waals surface area contributed by atoms with Gasteiger partial charge in [0.1, 0.15) is 10.6 Å². The highest BCUT2D eigenvalue weighted by Gasteiger charge is 2.20. The van der Waals surface area contributed by atoms with Crippen LogP contribution in [0.15, 0.2) is 11.1 Å². The number of hydrogen-bond acceptors (Lipinski definition) is 4. The number of ether oxygens (including phenoxy) is 1. The Morgan fingerprint density at radius 1 is 1.53 bits per heavy atom. The molecule has 0 aliphatic carbocycles. The Hall–Kier alpha value is -0.590. The van der Waals surface area contributed by atoms with Crippen molar-refractivity contribution >= 4 is 19.7 Å². The van der Waals surface area contributed by atoms with Gasteiger partial charge in [-0.1, -0.05) is 6.92 Å². The third kappa shape index (κ3) is 3.97. The van der Waals surface area contributed by atoms with Gasteiger partial charge in [-0.05, 0) is 20.3 Å². The second kappa shape index (κ2) is 5.84. The van der Waals surface area contributed by atoms with Crippen molar-refractivity contribution in [3.8, 4) is 0 Å². The zero-order chi connectivity index (χ0) is 13.1. The Kier molecular flexibility index (Phi) is 4.97. The summed E-state index contributed by atoms with van der Waals surface area (Å²) in [6.07, 6.45) is 2.35. The normalized spacial score (nSPS) is 13.9. The molecule has 1 aromatic rings. The van der Waals surface area contributed by atoms with Gasteiger partial charge in [0.2, 0.25) is 0 Å². The second-order valence-corrected chi connectivity index (χ2v) is 6.30. The van der Waals surface area contributed by atoms with Gasteiger partial charge < -0.3 is 4.74 Å². The van der Waals surface area contributed by atoms with Crippen LogP contribution in [0.2, 0.25) is 0 Å². The SMILES string of the molecule is CC[C@@H](C)OCc1nn(CC)cc1S(=O)(=O)Cl. The van der Waals surface area contributed by atoms with E-state index in [9.17, 15) is 8.42 Å². The Balaban J connectivity index is 2.93. The topological polar surface area (TPSA) is 61.2 Å². The molecule has 0 aliphatic rings. The van der Waals surface area contributed by atoms with Crippen molar-refractivity contribution in [2.24, 2.45) is 0 Å². The summed E-state index contributed by atoms with van der Waals surface area (Å²) in [6.45, 7) is 6.53. The number of halogens is 1. The van der Waals surface area contributed by atoms with Crippen LogP contribution in [0.25, 0.3) is 0 Å². The Labute approximate surface area is 106 Å². The summed E-state index contributed by atoms with van der Waals surface area (Å²) in [7, 11) is 1.58. The van der Waals surface area contributed by atoms with Gasteiger partial charge in [0.15, 0.2) is 0 Å². The molecular weight excluding hydrogens is 264 g/mol. The lowest BCUT2D eigenvalue weighted by molar-refractivity contribution is 0.0474. The molecule has 0 saturated carbocycles. The molecule has 0 aliphatic heterocycles. The van der Waals surface area contributed by atoms with Gasteiger partial charge >= 0.3 is 0 Å². The Bertz CT molecular complexity index is 470. The van der Waals surface area contributed by atoms with E-state index in [4.69, 9.17) is 15.4 Å². The minimum Gasteiger partial charge on any atom is -0.372 e. The van der Waals surface area contributed by atoms with Crippen LogP contribution in [0.4, 0.5) is 0 Å². The van der Waals surface area contributed by atoms with E-state index in [1.165, 1.54) is 10.9 Å². The largest absolute Gasteiger partial charge is 0.372 e. The van der Waals surface area contributed by atoms with Crippen LogP contribution in [0.3, 0.4) is 0 Å². The summed E-state index contributed by atoms with van der Waals surface area (Å²) >= 11 is 0. The van der Waals surface area contributed by atoms with Gasteiger partial charge in [-0.2, -0.15) is 5.10 Å². The van der Waals surface area contributed by atoms with E-state index in [-0.39, 0.29) is 17.6 Å². The molecule has 0 aromatic carbocycles. The quantitative estimate of drug-likeness (QED) is 0.749. The maximum Gasteiger partial charge on any atom is 0.264 e. The summed E-state index contributed by atoms with van der Waals surface area (Å²) in [5.74, 6) is 0. The molecule has 17 heavy (non-hydrogen) atoms. The van der Waals surface area contributed by atoms with Crippen LogP contribution < -0.4 is 0 Å². The van der Waals surface area contributed by atoms with Crippen molar-refractivity contribution < 1.29 is 13.2 Å². The lowest BCUT2D eigenvalue weighted by atomic mass is 10.3. The maximum absolute atomic E-state index is 11.4. The molecule has 1 aromatic heterocycles. The fourth-order valence-corrected chi connectivity index (χ4v) is 2.26. The van der Waals surface area contributed by atoms with Crippen LogP contribution in [0, 0.1) is 0 Å². The predicted octanol–water partition coefficient (Wildman–Crippen LogP) is 2.15. The smallest absolute Gasteiger partial charge is 0.264 e. The van der Waals surface area contributed by atoms with E-state index in [0.717, 1.165) is 6.42 Å². The van der Waals surface area contributed by atoms with E-state index in [2.05, 4.69) is 5.10 Å². The molecule has 0 spiro atoms. The summed E-state index contributed by atoms with van der Waals surface area (Å²) in [5.41, 5.74) is 0.363. The third-order valence-corrected chi connectivity index (χ3v) is 3.83. The zero-order valence-electron chi connectivity index (χ0n) is 10.2. The van der Waals surface area contributed by atoms with Gasteiger partial charge in [-0.15, -0.1) is 0 Å². The Morgan fingerprint density at radius 2 is 2.18 bits per heavy atom. The summed E-state index contributed by atoms with van der Waals surface area (Å²) in [6, 6.07) is 0. The number of aromatic nitrogens is 2. The van der Waals surface area contributed by atoms with Gasteiger partial charge in [-0.3, -0.25) is 4.68 Å². The molecular formula is C10H17ClN2O3S. The fourth-order valence-electron chi connectivity index (χ4n) is 1.25. The maximum atomic E-state index is 11.4. The molecule has 1 heterocycles. The second-order valence-electron chi connectivity index (χ2n) is 3.76. The molecule has 0 amide bonds. The van der Waals surface area contributed by atoms with Crippen LogP contribution in [0.1, 0.15) is 32.9 Å². The van der Waals surface area contributed by atoms with Crippen molar-refractivity contribution in [1.29, 1.82) is 0 Å². The van der Waals surface area contributed by atoms with E-state index in [0.29, 0.717) is 12.2 Å². The first-order chi connectivity index (χ1) is 7.88. The number of nitrogens with zero attached hydrogens (tertiary/aromatic N) is 2. The number of aryl methyl sites for hydroxylation is 1. The van der Waals surface area contributed by atoms with Gasteiger partial charge in [0, 0.05) is 23.4 Å². The van der Waals surface area contributed by atoms with Crippen molar-refractivity contribution in [1.82, 2.24) is 9.78 Å². The predicted molar refractivity (Wildman–Crippen MR) is 65.5 cm³/mol. The van der Waals surface area contributed by atoms with E-state index in [1.54, 1.807) is 0 Å². The molecule has 0 saturated heterocycles.